The Hall–Kier alpha value is -1.59. The van der Waals surface area contributed by atoms with Gasteiger partial charge in [-0.3, -0.25) is 4.79 Å². The molecule has 0 amide bonds. The number of ketones is 1. The zero-order valence-corrected chi connectivity index (χ0v) is 14.9. The zero-order chi connectivity index (χ0) is 17.5. The first kappa shape index (κ1) is 17.2. The van der Waals surface area contributed by atoms with E-state index < -0.39 is 6.10 Å². The molecule has 1 aliphatic heterocycles. The molecule has 1 aromatic carbocycles. The van der Waals surface area contributed by atoms with Gasteiger partial charge in [0.2, 0.25) is 0 Å². The van der Waals surface area contributed by atoms with Gasteiger partial charge in [0.25, 0.3) is 0 Å². The summed E-state index contributed by atoms with van der Waals surface area (Å²) in [4.78, 5) is 14.4. The summed E-state index contributed by atoms with van der Waals surface area (Å²) in [6, 6.07) is 6.30. The van der Waals surface area contributed by atoms with E-state index in [0.29, 0.717) is 24.3 Å². The number of aliphatic hydroxyl groups is 1. The third-order valence-corrected chi connectivity index (χ3v) is 6.07. The maximum absolute atomic E-state index is 12.1. The van der Waals surface area contributed by atoms with Crippen molar-refractivity contribution in [3.8, 4) is 11.5 Å². The van der Waals surface area contributed by atoms with Gasteiger partial charge in [-0.25, -0.2) is 0 Å². The van der Waals surface area contributed by atoms with Crippen LogP contribution in [0.25, 0.3) is 0 Å². The van der Waals surface area contributed by atoms with E-state index in [0.717, 1.165) is 13.0 Å². The number of carbonyl (C=O) groups is 1. The normalized spacial score (nSPS) is 33.1. The average Bonchev–Trinajstić information content (AvgIpc) is 2.91. The van der Waals surface area contributed by atoms with Gasteiger partial charge in [0.05, 0.1) is 20.3 Å². The van der Waals surface area contributed by atoms with Crippen molar-refractivity contribution in [2.75, 3.05) is 27.8 Å². The molecule has 132 valence electrons. The van der Waals surface area contributed by atoms with Crippen LogP contribution in [-0.4, -0.2) is 55.7 Å². The van der Waals surface area contributed by atoms with E-state index in [1.165, 1.54) is 5.56 Å². The van der Waals surface area contributed by atoms with Crippen LogP contribution < -0.4 is 9.47 Å². The molecule has 0 bridgehead atoms. The Kier molecular flexibility index (Phi) is 4.58. The van der Waals surface area contributed by atoms with E-state index in [1.54, 1.807) is 21.1 Å². The average molecular weight is 333 g/mol. The van der Waals surface area contributed by atoms with Crippen molar-refractivity contribution >= 4 is 5.78 Å². The third-order valence-electron chi connectivity index (χ3n) is 6.07. The lowest BCUT2D eigenvalue weighted by Crippen LogP contribution is -2.52. The van der Waals surface area contributed by atoms with Crippen LogP contribution in [0.3, 0.4) is 0 Å². The van der Waals surface area contributed by atoms with Crippen molar-refractivity contribution in [2.24, 2.45) is 5.92 Å². The van der Waals surface area contributed by atoms with Crippen LogP contribution in [0.15, 0.2) is 18.2 Å². The van der Waals surface area contributed by atoms with Crippen molar-refractivity contribution in [2.45, 2.75) is 43.7 Å². The minimum Gasteiger partial charge on any atom is -0.493 e. The van der Waals surface area contributed by atoms with Crippen LogP contribution in [0, 0.1) is 5.92 Å². The second-order valence-electron chi connectivity index (χ2n) is 7.20. The van der Waals surface area contributed by atoms with Gasteiger partial charge in [-0.2, -0.15) is 0 Å². The molecule has 4 atom stereocenters. The smallest absolute Gasteiger partial charge is 0.161 e. The number of Topliss-reactive ketones (excluding diaryl/α,β-unsaturated/α-hetero) is 1. The molecule has 5 heteroatoms. The Balaban J connectivity index is 2.06. The van der Waals surface area contributed by atoms with Crippen molar-refractivity contribution in [3.05, 3.63) is 23.8 Å². The number of nitrogens with zero attached hydrogens (tertiary/aromatic N) is 1. The lowest BCUT2D eigenvalue weighted by molar-refractivity contribution is -0.128. The van der Waals surface area contributed by atoms with Crippen LogP contribution in [0.2, 0.25) is 0 Å². The minimum absolute atomic E-state index is 0.0790. The summed E-state index contributed by atoms with van der Waals surface area (Å²) in [6.45, 7) is 2.56. The van der Waals surface area contributed by atoms with E-state index in [1.807, 2.05) is 12.1 Å². The molecule has 1 unspecified atom stereocenters. The van der Waals surface area contributed by atoms with Crippen LogP contribution in [0.1, 0.15) is 31.7 Å². The second kappa shape index (κ2) is 6.37. The van der Waals surface area contributed by atoms with Crippen LogP contribution in [-0.2, 0) is 10.2 Å². The van der Waals surface area contributed by atoms with E-state index in [-0.39, 0.29) is 23.2 Å². The standard InChI is InChI=1S/C19H27NO4/c1-12(21)14-11-19(7-8-20(2)18(19)10-15(14)22)13-5-6-16(23-3)17(9-13)24-4/h5-6,9,14-15,18,22H,7-8,10-11H2,1-4H3/t14?,15-,18+,19-/m1/s1. The Morgan fingerprint density at radius 2 is 2.00 bits per heavy atom. The minimum atomic E-state index is -0.554. The molecule has 1 aliphatic carbocycles. The fourth-order valence-corrected chi connectivity index (χ4v) is 4.70. The number of rotatable bonds is 4. The topological polar surface area (TPSA) is 59.0 Å². The largest absolute Gasteiger partial charge is 0.493 e. The second-order valence-corrected chi connectivity index (χ2v) is 7.20. The van der Waals surface area contributed by atoms with Crippen molar-refractivity contribution in [1.82, 2.24) is 4.90 Å². The number of likely N-dealkylation sites (tertiary alicyclic amines) is 1. The predicted molar refractivity (Wildman–Crippen MR) is 91.7 cm³/mol. The number of aliphatic hydroxyl groups excluding tert-OH is 1. The van der Waals surface area contributed by atoms with E-state index in [4.69, 9.17) is 9.47 Å². The third kappa shape index (κ3) is 2.60. The molecule has 1 aromatic rings. The van der Waals surface area contributed by atoms with Crippen molar-refractivity contribution in [3.63, 3.8) is 0 Å². The lowest BCUT2D eigenvalue weighted by atomic mass is 9.61. The Labute approximate surface area is 143 Å². The van der Waals surface area contributed by atoms with Crippen LogP contribution in [0.4, 0.5) is 0 Å². The number of ether oxygens (including phenoxy) is 2. The number of hydrogen-bond donors (Lipinski definition) is 1. The molecular weight excluding hydrogens is 306 g/mol. The number of benzene rings is 1. The SMILES string of the molecule is COc1ccc([C@]23CCN(C)[C@H]2C[C@@H](O)C(C(C)=O)C3)cc1OC. The predicted octanol–water partition coefficient (Wildman–Crippen LogP) is 2.01. The number of carbonyl (C=O) groups excluding carboxylic acids is 1. The summed E-state index contributed by atoms with van der Waals surface area (Å²) in [5.74, 6) is 1.21. The van der Waals surface area contributed by atoms with Gasteiger partial charge in [0.1, 0.15) is 5.78 Å². The number of fused-ring (bicyclic) bond motifs is 1. The Bertz CT molecular complexity index is 632. The van der Waals surface area contributed by atoms with Crippen LogP contribution >= 0.6 is 0 Å². The molecule has 0 spiro atoms. The number of methoxy groups -OCH3 is 2. The van der Waals surface area contributed by atoms with Crippen molar-refractivity contribution in [1.29, 1.82) is 0 Å². The summed E-state index contributed by atoms with van der Waals surface area (Å²) >= 11 is 0. The monoisotopic (exact) mass is 333 g/mol. The van der Waals surface area contributed by atoms with Gasteiger partial charge in [0.15, 0.2) is 11.5 Å². The first-order valence-electron chi connectivity index (χ1n) is 8.54. The Morgan fingerprint density at radius 1 is 1.29 bits per heavy atom. The molecule has 5 nitrogen and oxygen atoms in total. The molecule has 2 aliphatic rings. The maximum Gasteiger partial charge on any atom is 0.161 e. The zero-order valence-electron chi connectivity index (χ0n) is 14.9. The fraction of sp³-hybridized carbons (Fsp3) is 0.632. The molecule has 1 saturated heterocycles. The highest BCUT2D eigenvalue weighted by molar-refractivity contribution is 5.79. The van der Waals surface area contributed by atoms with Gasteiger partial charge in [-0.1, -0.05) is 6.07 Å². The molecule has 0 radical (unpaired) electrons. The molecule has 2 fully saturated rings. The lowest BCUT2D eigenvalue weighted by Gasteiger charge is -2.46. The molecule has 24 heavy (non-hydrogen) atoms. The van der Waals surface area contributed by atoms with E-state index >= 15 is 0 Å². The quantitative estimate of drug-likeness (QED) is 0.913. The van der Waals surface area contributed by atoms with Gasteiger partial charge < -0.3 is 19.5 Å². The van der Waals surface area contributed by atoms with Gasteiger partial charge in [-0.15, -0.1) is 0 Å². The molecule has 3 rings (SSSR count). The summed E-state index contributed by atoms with van der Waals surface area (Å²) < 4.78 is 10.8. The first-order valence-corrected chi connectivity index (χ1v) is 8.54. The summed E-state index contributed by atoms with van der Waals surface area (Å²) in [6.07, 6.45) is 1.75. The van der Waals surface area contributed by atoms with E-state index in [9.17, 15) is 9.90 Å². The van der Waals surface area contributed by atoms with Gasteiger partial charge >= 0.3 is 0 Å². The highest BCUT2D eigenvalue weighted by Crippen LogP contribution is 2.51. The number of likely N-dealkylation sites (N-methyl/N-ethyl adjacent to an activating group) is 1. The Morgan fingerprint density at radius 3 is 2.62 bits per heavy atom. The molecule has 0 aromatic heterocycles. The highest BCUT2D eigenvalue weighted by atomic mass is 16.5. The number of hydrogen-bond acceptors (Lipinski definition) is 5. The first-order chi connectivity index (χ1) is 11.4. The summed E-state index contributed by atoms with van der Waals surface area (Å²) in [5, 5.41) is 10.5. The molecular formula is C19H27NO4. The molecule has 1 N–H and O–H groups in total. The highest BCUT2D eigenvalue weighted by Gasteiger charge is 2.54. The summed E-state index contributed by atoms with van der Waals surface area (Å²) in [5.41, 5.74) is 1.05. The van der Waals surface area contributed by atoms with Crippen LogP contribution in [0.5, 0.6) is 11.5 Å². The van der Waals surface area contributed by atoms with Gasteiger partial charge in [0, 0.05) is 17.4 Å². The van der Waals surface area contributed by atoms with E-state index in [2.05, 4.69) is 18.0 Å². The summed E-state index contributed by atoms with van der Waals surface area (Å²) in [7, 11) is 5.37. The molecule has 1 saturated carbocycles. The molecule has 1 heterocycles. The van der Waals surface area contributed by atoms with Gasteiger partial charge in [-0.05, 0) is 57.5 Å². The fourth-order valence-electron chi connectivity index (χ4n) is 4.70. The van der Waals surface area contributed by atoms with Crippen molar-refractivity contribution < 1.29 is 19.4 Å². The maximum atomic E-state index is 12.1.